The van der Waals surface area contributed by atoms with Crippen LogP contribution in [0, 0.1) is 11.8 Å². The van der Waals surface area contributed by atoms with Crippen LogP contribution in [0.2, 0.25) is 0 Å². The van der Waals surface area contributed by atoms with Gasteiger partial charge >= 0.3 is 24.8 Å². The Balaban J connectivity index is 0. The summed E-state index contributed by atoms with van der Waals surface area (Å²) in [6, 6.07) is 0. The predicted octanol–water partition coefficient (Wildman–Crippen LogP) is -0.206. The molecule has 0 aromatic rings. The third kappa shape index (κ3) is 4.74. The van der Waals surface area contributed by atoms with E-state index in [0.29, 0.717) is 12.3 Å². The van der Waals surface area contributed by atoms with Gasteiger partial charge in [0, 0.05) is 6.42 Å². The number of carboxylic acid groups (broad SMARTS) is 1. The molecule has 0 aromatic heterocycles. The maximum absolute atomic E-state index is 10.4. The molecule has 2 nitrogen and oxygen atoms in total. The minimum Gasteiger partial charge on any atom is -1.00 e. The van der Waals surface area contributed by atoms with Gasteiger partial charge in [-0.3, -0.25) is 4.79 Å². The summed E-state index contributed by atoms with van der Waals surface area (Å²) in [6.07, 6.45) is 6.40. The monoisotopic (exact) mass is 178 g/mol. The smallest absolute Gasteiger partial charge is 1.00 e. The minimum absolute atomic E-state index is 0. The molecule has 13 heavy (non-hydrogen) atoms. The number of hydrogen-bond acceptors (Lipinski definition) is 1. The van der Waals surface area contributed by atoms with Gasteiger partial charge in [0.15, 0.2) is 0 Å². The van der Waals surface area contributed by atoms with E-state index in [1.807, 2.05) is 0 Å². The van der Waals surface area contributed by atoms with Crippen molar-refractivity contribution >= 4 is 5.97 Å². The van der Waals surface area contributed by atoms with Crippen molar-refractivity contribution in [2.75, 3.05) is 0 Å². The molecule has 1 rings (SSSR count). The topological polar surface area (TPSA) is 37.3 Å². The van der Waals surface area contributed by atoms with E-state index >= 15 is 0 Å². The van der Waals surface area contributed by atoms with Gasteiger partial charge < -0.3 is 6.53 Å². The molecule has 0 amide bonds. The van der Waals surface area contributed by atoms with Crippen molar-refractivity contribution in [3.63, 3.8) is 0 Å². The van der Waals surface area contributed by atoms with Crippen LogP contribution >= 0.6 is 0 Å². The standard InChI is InChI=1S/C10H18O2.Li.H/c1-2-8-3-5-9(6-4-8)7-10(11)12;;/h8-9H,2-7H2,1H3,(H,11,12);;/q;+1;-1. The average Bonchev–Trinajstić information content (AvgIpc) is 2.05. The van der Waals surface area contributed by atoms with Crippen molar-refractivity contribution in [2.24, 2.45) is 11.8 Å². The summed E-state index contributed by atoms with van der Waals surface area (Å²) in [5.41, 5.74) is 0. The fraction of sp³-hybridized carbons (Fsp3) is 0.900. The Morgan fingerprint density at radius 1 is 1.31 bits per heavy atom. The van der Waals surface area contributed by atoms with Crippen LogP contribution in [0.5, 0.6) is 0 Å². The van der Waals surface area contributed by atoms with Gasteiger partial charge in [0.2, 0.25) is 0 Å². The van der Waals surface area contributed by atoms with Gasteiger partial charge in [-0.15, -0.1) is 0 Å². The van der Waals surface area contributed by atoms with Gasteiger partial charge in [0.1, 0.15) is 0 Å². The second-order valence-electron chi connectivity index (χ2n) is 3.89. The number of rotatable bonds is 3. The summed E-state index contributed by atoms with van der Waals surface area (Å²) in [4.78, 5) is 10.4. The summed E-state index contributed by atoms with van der Waals surface area (Å²) < 4.78 is 0. The van der Waals surface area contributed by atoms with Gasteiger partial charge in [-0.1, -0.05) is 26.2 Å². The van der Waals surface area contributed by atoms with Gasteiger partial charge in [-0.2, -0.15) is 0 Å². The third-order valence-corrected chi connectivity index (χ3v) is 3.01. The molecule has 0 radical (unpaired) electrons. The van der Waals surface area contributed by atoms with Crippen LogP contribution in [-0.4, -0.2) is 11.1 Å². The molecule has 1 aliphatic carbocycles. The Kier molecular flexibility index (Phi) is 6.54. The molecule has 0 aliphatic heterocycles. The van der Waals surface area contributed by atoms with E-state index in [0.717, 1.165) is 18.8 Å². The molecule has 0 unspecified atom stereocenters. The van der Waals surface area contributed by atoms with E-state index in [9.17, 15) is 4.79 Å². The summed E-state index contributed by atoms with van der Waals surface area (Å²) in [5.74, 6) is 0.704. The van der Waals surface area contributed by atoms with Gasteiger partial charge in [-0.05, 0) is 24.7 Å². The normalized spacial score (nSPS) is 27.8. The quantitative estimate of drug-likeness (QED) is 0.607. The summed E-state index contributed by atoms with van der Waals surface area (Å²) in [7, 11) is 0. The first kappa shape index (κ1) is 13.1. The van der Waals surface area contributed by atoms with Crippen LogP contribution in [0.25, 0.3) is 0 Å². The van der Waals surface area contributed by atoms with E-state index in [4.69, 9.17) is 5.11 Å². The van der Waals surface area contributed by atoms with E-state index < -0.39 is 5.97 Å². The van der Waals surface area contributed by atoms with Crippen LogP contribution in [0.3, 0.4) is 0 Å². The molecule has 0 bridgehead atoms. The molecule has 0 spiro atoms. The van der Waals surface area contributed by atoms with Crippen LogP contribution in [-0.2, 0) is 4.79 Å². The zero-order valence-corrected chi connectivity index (χ0v) is 8.75. The van der Waals surface area contributed by atoms with Crippen molar-refractivity contribution < 1.29 is 30.2 Å². The third-order valence-electron chi connectivity index (χ3n) is 3.01. The van der Waals surface area contributed by atoms with E-state index in [2.05, 4.69) is 6.92 Å². The molecule has 1 N–H and O–H groups in total. The number of carboxylic acids is 1. The van der Waals surface area contributed by atoms with Crippen molar-refractivity contribution in [3.05, 3.63) is 0 Å². The van der Waals surface area contributed by atoms with E-state index in [1.54, 1.807) is 0 Å². The fourth-order valence-electron chi connectivity index (χ4n) is 2.09. The number of aliphatic carboxylic acids is 1. The molecule has 0 saturated heterocycles. The Morgan fingerprint density at radius 3 is 2.15 bits per heavy atom. The number of carbonyl (C=O) groups is 1. The Labute approximate surface area is 93.8 Å². The Morgan fingerprint density at radius 2 is 1.77 bits per heavy atom. The van der Waals surface area contributed by atoms with Crippen molar-refractivity contribution in [1.29, 1.82) is 0 Å². The molecule has 1 saturated carbocycles. The van der Waals surface area contributed by atoms with Crippen LogP contribution in [0.4, 0.5) is 0 Å². The van der Waals surface area contributed by atoms with Crippen LogP contribution in [0.1, 0.15) is 46.9 Å². The fourth-order valence-corrected chi connectivity index (χ4v) is 2.09. The first-order chi connectivity index (χ1) is 5.72. The molecule has 0 aromatic carbocycles. The van der Waals surface area contributed by atoms with Crippen molar-refractivity contribution in [3.8, 4) is 0 Å². The van der Waals surface area contributed by atoms with Gasteiger partial charge in [-0.25, -0.2) is 0 Å². The van der Waals surface area contributed by atoms with Gasteiger partial charge in [0.25, 0.3) is 0 Å². The SMILES string of the molecule is CCC1CCC(CC(=O)O)CC1.[H-].[Li+]. The molecule has 1 aliphatic rings. The predicted molar refractivity (Wildman–Crippen MR) is 49.1 cm³/mol. The van der Waals surface area contributed by atoms with Crippen molar-refractivity contribution in [2.45, 2.75) is 45.4 Å². The molecule has 0 atom stereocenters. The first-order valence-corrected chi connectivity index (χ1v) is 4.94. The first-order valence-electron chi connectivity index (χ1n) is 4.94. The maximum atomic E-state index is 10.4. The zero-order valence-electron chi connectivity index (χ0n) is 9.75. The molecular formula is C10H19LiO2. The molecular weight excluding hydrogens is 159 g/mol. The van der Waals surface area contributed by atoms with Crippen LogP contribution < -0.4 is 18.9 Å². The number of hydrogen-bond donors (Lipinski definition) is 1. The summed E-state index contributed by atoms with van der Waals surface area (Å²) >= 11 is 0. The second-order valence-corrected chi connectivity index (χ2v) is 3.89. The maximum Gasteiger partial charge on any atom is 1.00 e. The van der Waals surface area contributed by atoms with E-state index in [-0.39, 0.29) is 20.3 Å². The summed E-state index contributed by atoms with van der Waals surface area (Å²) in [6.45, 7) is 2.22. The van der Waals surface area contributed by atoms with Crippen LogP contribution in [0.15, 0.2) is 0 Å². The summed E-state index contributed by atoms with van der Waals surface area (Å²) in [5, 5.41) is 8.59. The largest absolute Gasteiger partial charge is 1.00 e. The zero-order chi connectivity index (χ0) is 8.97. The molecule has 72 valence electrons. The van der Waals surface area contributed by atoms with Crippen molar-refractivity contribution in [1.82, 2.24) is 0 Å². The Hall–Kier alpha value is 0.0674. The Bertz CT molecular complexity index is 156. The molecule has 3 heteroatoms. The molecule has 0 heterocycles. The average molecular weight is 178 g/mol. The minimum atomic E-state index is -0.630. The second kappa shape index (κ2) is 6.51. The molecule has 1 fully saturated rings. The van der Waals surface area contributed by atoms with E-state index in [1.165, 1.54) is 19.3 Å². The van der Waals surface area contributed by atoms with Gasteiger partial charge in [0.05, 0.1) is 0 Å².